The maximum absolute atomic E-state index is 12.2. The number of rotatable bonds is 11. The molecule has 0 radical (unpaired) electrons. The van der Waals surface area contributed by atoms with Gasteiger partial charge in [0, 0.05) is 6.54 Å². The minimum atomic E-state index is -0.477. The van der Waals surface area contributed by atoms with Crippen LogP contribution in [0.3, 0.4) is 0 Å². The van der Waals surface area contributed by atoms with Gasteiger partial charge in [-0.3, -0.25) is 4.79 Å². The van der Waals surface area contributed by atoms with Crippen molar-refractivity contribution in [2.75, 3.05) is 6.54 Å². The van der Waals surface area contributed by atoms with Gasteiger partial charge in [0.15, 0.2) is 0 Å². The van der Waals surface area contributed by atoms with Gasteiger partial charge in [-0.05, 0) is 29.4 Å². The first kappa shape index (κ1) is 22.8. The SMILES string of the molecule is CC(C)C[C@H](CNC(=O)OCc1ccccc1)CC(=O)OSCc1ccccc1. The van der Waals surface area contributed by atoms with Crippen molar-refractivity contribution in [1.82, 2.24) is 5.32 Å². The van der Waals surface area contributed by atoms with Gasteiger partial charge >= 0.3 is 12.1 Å². The number of benzene rings is 2. The van der Waals surface area contributed by atoms with Crippen LogP contribution in [-0.2, 0) is 26.1 Å². The lowest BCUT2D eigenvalue weighted by atomic mass is 9.94. The van der Waals surface area contributed by atoms with E-state index in [0.29, 0.717) is 18.2 Å². The lowest BCUT2D eigenvalue weighted by Gasteiger charge is -2.18. The Morgan fingerprint density at radius 2 is 1.59 bits per heavy atom. The van der Waals surface area contributed by atoms with Crippen molar-refractivity contribution in [3.05, 3.63) is 71.8 Å². The van der Waals surface area contributed by atoms with Gasteiger partial charge in [0.25, 0.3) is 0 Å². The first-order chi connectivity index (χ1) is 14.0. The van der Waals surface area contributed by atoms with Crippen LogP contribution in [0.1, 0.15) is 37.8 Å². The number of ether oxygens (including phenoxy) is 1. The van der Waals surface area contributed by atoms with Crippen molar-refractivity contribution < 1.29 is 18.5 Å². The molecule has 0 bridgehead atoms. The van der Waals surface area contributed by atoms with Crippen LogP contribution in [0.2, 0.25) is 0 Å². The molecule has 1 N–H and O–H groups in total. The summed E-state index contributed by atoms with van der Waals surface area (Å²) in [6, 6.07) is 19.4. The zero-order chi connectivity index (χ0) is 20.9. The molecule has 2 aromatic rings. The lowest BCUT2D eigenvalue weighted by molar-refractivity contribution is -0.134. The summed E-state index contributed by atoms with van der Waals surface area (Å²) in [7, 11) is 0. The molecule has 29 heavy (non-hydrogen) atoms. The van der Waals surface area contributed by atoms with E-state index in [1.165, 1.54) is 0 Å². The predicted molar refractivity (Wildman–Crippen MR) is 116 cm³/mol. The molecule has 0 spiro atoms. The maximum atomic E-state index is 12.2. The first-order valence-corrected chi connectivity index (χ1v) is 10.7. The highest BCUT2D eigenvalue weighted by Crippen LogP contribution is 2.19. The Labute approximate surface area is 177 Å². The molecule has 156 valence electrons. The molecule has 5 nitrogen and oxygen atoms in total. The smallest absolute Gasteiger partial charge is 0.407 e. The van der Waals surface area contributed by atoms with E-state index in [9.17, 15) is 9.59 Å². The van der Waals surface area contributed by atoms with Gasteiger partial charge in [0.05, 0.1) is 24.2 Å². The molecule has 0 aliphatic heterocycles. The minimum Gasteiger partial charge on any atom is -0.445 e. The predicted octanol–water partition coefficient (Wildman–Crippen LogP) is 5.36. The first-order valence-electron chi connectivity index (χ1n) is 9.83. The second-order valence-electron chi connectivity index (χ2n) is 7.35. The van der Waals surface area contributed by atoms with E-state index in [1.807, 2.05) is 60.7 Å². The van der Waals surface area contributed by atoms with E-state index in [1.54, 1.807) is 0 Å². The van der Waals surface area contributed by atoms with Gasteiger partial charge in [-0.25, -0.2) is 4.79 Å². The highest BCUT2D eigenvalue weighted by molar-refractivity contribution is 7.94. The van der Waals surface area contributed by atoms with Gasteiger partial charge in [0.1, 0.15) is 6.61 Å². The Balaban J connectivity index is 1.71. The van der Waals surface area contributed by atoms with Crippen molar-refractivity contribution in [2.45, 2.75) is 39.0 Å². The molecular weight excluding hydrogens is 386 g/mol. The highest BCUT2D eigenvalue weighted by Gasteiger charge is 2.18. The van der Waals surface area contributed by atoms with E-state index < -0.39 is 6.09 Å². The third-order valence-corrected chi connectivity index (χ3v) is 4.98. The van der Waals surface area contributed by atoms with Crippen molar-refractivity contribution in [1.29, 1.82) is 0 Å². The third kappa shape index (κ3) is 10.0. The van der Waals surface area contributed by atoms with Crippen LogP contribution in [0.5, 0.6) is 0 Å². The Bertz CT molecular complexity index is 737. The fourth-order valence-corrected chi connectivity index (χ4v) is 3.50. The number of nitrogens with one attached hydrogen (secondary N) is 1. The van der Waals surface area contributed by atoms with Crippen molar-refractivity contribution in [2.24, 2.45) is 11.8 Å². The van der Waals surface area contributed by atoms with Gasteiger partial charge in [-0.2, -0.15) is 0 Å². The fraction of sp³-hybridized carbons (Fsp3) is 0.391. The summed E-state index contributed by atoms with van der Waals surface area (Å²) in [5, 5.41) is 2.77. The van der Waals surface area contributed by atoms with Crippen LogP contribution >= 0.6 is 12.0 Å². The molecule has 0 fully saturated rings. The fourth-order valence-electron chi connectivity index (χ4n) is 2.91. The molecule has 0 aliphatic rings. The number of carbonyl (C=O) groups is 2. The van der Waals surface area contributed by atoms with Crippen LogP contribution in [0.4, 0.5) is 4.79 Å². The summed E-state index contributed by atoms with van der Waals surface area (Å²) in [5.41, 5.74) is 2.03. The van der Waals surface area contributed by atoms with Crippen molar-refractivity contribution >= 4 is 24.1 Å². The highest BCUT2D eigenvalue weighted by atomic mass is 32.2. The average Bonchev–Trinajstić information content (AvgIpc) is 2.71. The van der Waals surface area contributed by atoms with Crippen LogP contribution in [0, 0.1) is 11.8 Å². The van der Waals surface area contributed by atoms with E-state index in [2.05, 4.69) is 19.2 Å². The molecule has 0 heterocycles. The van der Waals surface area contributed by atoms with E-state index in [4.69, 9.17) is 8.92 Å². The number of alkyl carbamates (subject to hydrolysis) is 1. The van der Waals surface area contributed by atoms with E-state index in [0.717, 1.165) is 29.6 Å². The molecule has 0 saturated carbocycles. The zero-order valence-corrected chi connectivity index (χ0v) is 17.8. The van der Waals surface area contributed by atoms with Gasteiger partial charge in [0.2, 0.25) is 0 Å². The van der Waals surface area contributed by atoms with Gasteiger partial charge in [-0.15, -0.1) is 0 Å². The monoisotopic (exact) mass is 415 g/mol. The zero-order valence-electron chi connectivity index (χ0n) is 17.0. The number of hydrogen-bond donors (Lipinski definition) is 1. The molecule has 1 atom stereocenters. The quantitative estimate of drug-likeness (QED) is 0.501. The van der Waals surface area contributed by atoms with Crippen LogP contribution in [-0.4, -0.2) is 18.6 Å². The second kappa shape index (κ2) is 12.9. The summed E-state index contributed by atoms with van der Waals surface area (Å²) in [6.45, 7) is 4.79. The molecule has 0 aliphatic carbocycles. The van der Waals surface area contributed by atoms with Crippen molar-refractivity contribution in [3.63, 3.8) is 0 Å². The largest absolute Gasteiger partial charge is 0.445 e. The molecule has 1 amide bonds. The summed E-state index contributed by atoms with van der Waals surface area (Å²) in [4.78, 5) is 24.2. The lowest BCUT2D eigenvalue weighted by Crippen LogP contribution is -2.31. The maximum Gasteiger partial charge on any atom is 0.407 e. The molecular formula is C23H29NO4S. The van der Waals surface area contributed by atoms with E-state index >= 15 is 0 Å². The minimum absolute atomic E-state index is 0.00380. The van der Waals surface area contributed by atoms with Crippen LogP contribution in [0.15, 0.2) is 60.7 Å². The summed E-state index contributed by atoms with van der Waals surface area (Å²) >= 11 is 1.14. The summed E-state index contributed by atoms with van der Waals surface area (Å²) in [6.07, 6.45) is 0.602. The Kier molecular flexibility index (Phi) is 10.1. The molecule has 2 rings (SSSR count). The second-order valence-corrected chi connectivity index (χ2v) is 8.04. The van der Waals surface area contributed by atoms with E-state index in [-0.39, 0.29) is 24.9 Å². The number of hydrogen-bond acceptors (Lipinski definition) is 5. The normalized spacial score (nSPS) is 11.7. The van der Waals surface area contributed by atoms with Crippen molar-refractivity contribution in [3.8, 4) is 0 Å². The Morgan fingerprint density at radius 1 is 0.966 bits per heavy atom. The third-order valence-electron chi connectivity index (χ3n) is 4.23. The van der Waals surface area contributed by atoms with Gasteiger partial charge in [-0.1, -0.05) is 74.5 Å². The molecule has 6 heteroatoms. The van der Waals surface area contributed by atoms with Crippen LogP contribution in [0.25, 0.3) is 0 Å². The molecule has 0 aromatic heterocycles. The number of amides is 1. The Hall–Kier alpha value is -2.47. The standard InChI is InChI=1S/C23H29NO4S/c1-18(2)13-21(14-22(25)28-29-17-20-11-7-4-8-12-20)15-24-23(26)27-16-19-9-5-3-6-10-19/h3-12,18,21H,13-17H2,1-2H3,(H,24,26)/t21-/m0/s1. The molecule has 0 saturated heterocycles. The summed E-state index contributed by atoms with van der Waals surface area (Å²) in [5.74, 6) is 0.762. The topological polar surface area (TPSA) is 64.6 Å². The molecule has 2 aromatic carbocycles. The average molecular weight is 416 g/mol. The Morgan fingerprint density at radius 3 is 2.21 bits per heavy atom. The molecule has 0 unspecified atom stereocenters. The van der Waals surface area contributed by atoms with Crippen LogP contribution < -0.4 is 5.32 Å². The number of carbonyl (C=O) groups excluding carboxylic acids is 2. The van der Waals surface area contributed by atoms with Gasteiger partial charge < -0.3 is 14.2 Å². The summed E-state index contributed by atoms with van der Waals surface area (Å²) < 4.78 is 10.5.